The van der Waals surface area contributed by atoms with Gasteiger partial charge in [-0.2, -0.15) is 4.98 Å². The molecule has 25 heavy (non-hydrogen) atoms. The van der Waals surface area contributed by atoms with Crippen molar-refractivity contribution in [3.63, 3.8) is 0 Å². The van der Waals surface area contributed by atoms with Crippen LogP contribution in [0.3, 0.4) is 0 Å². The number of carbonyl (C=O) groups excluding carboxylic acids is 1. The molecule has 128 valence electrons. The van der Waals surface area contributed by atoms with Crippen LogP contribution in [-0.2, 0) is 0 Å². The second-order valence-electron chi connectivity index (χ2n) is 6.23. The van der Waals surface area contributed by atoms with Crippen molar-refractivity contribution in [3.8, 4) is 11.4 Å². The summed E-state index contributed by atoms with van der Waals surface area (Å²) in [7, 11) is 0. The Bertz CT molecular complexity index is 874. The average molecular weight is 354 g/mol. The van der Waals surface area contributed by atoms with Crippen molar-refractivity contribution in [1.29, 1.82) is 0 Å². The lowest BCUT2D eigenvalue weighted by molar-refractivity contribution is 0.0696. The fourth-order valence-electron chi connectivity index (χ4n) is 3.11. The van der Waals surface area contributed by atoms with E-state index in [1.54, 1.807) is 23.7 Å². The second kappa shape index (κ2) is 6.76. The average Bonchev–Trinajstić information content (AvgIpc) is 3.31. The maximum Gasteiger partial charge on any atom is 0.254 e. The summed E-state index contributed by atoms with van der Waals surface area (Å²) in [6.45, 7) is 3.40. The van der Waals surface area contributed by atoms with Crippen LogP contribution in [0.4, 0.5) is 0 Å². The Morgan fingerprint density at radius 2 is 2.36 bits per heavy atom. The first-order chi connectivity index (χ1) is 12.2. The molecule has 7 heteroatoms. The van der Waals surface area contributed by atoms with E-state index >= 15 is 0 Å². The summed E-state index contributed by atoms with van der Waals surface area (Å²) in [5.74, 6) is 1.30. The van der Waals surface area contributed by atoms with Crippen LogP contribution < -0.4 is 0 Å². The third-order valence-corrected chi connectivity index (χ3v) is 5.26. The Balaban J connectivity index is 1.50. The number of likely N-dealkylation sites (tertiary alicyclic amines) is 1. The zero-order valence-corrected chi connectivity index (χ0v) is 14.7. The minimum absolute atomic E-state index is 0.0790. The Morgan fingerprint density at radius 1 is 1.44 bits per heavy atom. The van der Waals surface area contributed by atoms with Crippen LogP contribution in [0, 0.1) is 6.92 Å². The molecule has 1 aliphatic rings. The molecule has 4 heterocycles. The number of carbonyl (C=O) groups is 1. The molecule has 6 nitrogen and oxygen atoms in total. The first kappa shape index (κ1) is 16.0. The number of aryl methyl sites for hydroxylation is 1. The number of nitrogens with zero attached hydrogens (tertiary/aromatic N) is 4. The van der Waals surface area contributed by atoms with Crippen molar-refractivity contribution in [3.05, 3.63) is 52.3 Å². The molecule has 0 bridgehead atoms. The van der Waals surface area contributed by atoms with E-state index in [2.05, 4.69) is 15.1 Å². The summed E-state index contributed by atoms with van der Waals surface area (Å²) in [6.07, 6.45) is 5.30. The van der Waals surface area contributed by atoms with Crippen LogP contribution in [0.25, 0.3) is 11.4 Å². The van der Waals surface area contributed by atoms with E-state index in [0.29, 0.717) is 18.3 Å². The molecular weight excluding hydrogens is 336 g/mol. The number of aromatic nitrogens is 3. The van der Waals surface area contributed by atoms with Gasteiger partial charge in [0.25, 0.3) is 5.91 Å². The van der Waals surface area contributed by atoms with Gasteiger partial charge in [-0.1, -0.05) is 5.16 Å². The first-order valence-corrected chi connectivity index (χ1v) is 9.17. The van der Waals surface area contributed by atoms with Crippen molar-refractivity contribution >= 4 is 17.2 Å². The highest BCUT2D eigenvalue weighted by Crippen LogP contribution is 2.28. The van der Waals surface area contributed by atoms with Gasteiger partial charge < -0.3 is 9.42 Å². The lowest BCUT2D eigenvalue weighted by atomic mass is 9.97. The Labute approximate surface area is 149 Å². The molecular formula is C18H18N4O2S. The molecule has 1 atom stereocenters. The van der Waals surface area contributed by atoms with Crippen molar-refractivity contribution in [1.82, 2.24) is 20.0 Å². The number of hydrogen-bond acceptors (Lipinski definition) is 6. The van der Waals surface area contributed by atoms with Crippen LogP contribution in [-0.4, -0.2) is 39.0 Å². The van der Waals surface area contributed by atoms with Crippen molar-refractivity contribution in [2.75, 3.05) is 13.1 Å². The summed E-state index contributed by atoms with van der Waals surface area (Å²) in [5.41, 5.74) is 1.60. The van der Waals surface area contributed by atoms with E-state index in [1.165, 1.54) is 0 Å². The van der Waals surface area contributed by atoms with Crippen LogP contribution in [0.1, 0.15) is 39.9 Å². The summed E-state index contributed by atoms with van der Waals surface area (Å²) < 4.78 is 5.47. The summed E-state index contributed by atoms with van der Waals surface area (Å²) in [4.78, 5) is 24.3. The van der Waals surface area contributed by atoms with E-state index in [1.807, 2.05) is 35.4 Å². The number of pyridine rings is 1. The lowest BCUT2D eigenvalue weighted by Crippen LogP contribution is -2.39. The van der Waals surface area contributed by atoms with Gasteiger partial charge in [0.05, 0.1) is 11.5 Å². The van der Waals surface area contributed by atoms with Crippen molar-refractivity contribution < 1.29 is 9.32 Å². The van der Waals surface area contributed by atoms with E-state index in [4.69, 9.17) is 4.52 Å². The van der Waals surface area contributed by atoms with Gasteiger partial charge >= 0.3 is 0 Å². The lowest BCUT2D eigenvalue weighted by Gasteiger charge is -2.30. The van der Waals surface area contributed by atoms with Crippen LogP contribution in [0.15, 0.2) is 40.5 Å². The van der Waals surface area contributed by atoms with E-state index in [9.17, 15) is 4.79 Å². The normalized spacial score (nSPS) is 17.6. The van der Waals surface area contributed by atoms with Gasteiger partial charge in [0.1, 0.15) is 0 Å². The molecule has 0 spiro atoms. The minimum Gasteiger partial charge on any atom is -0.339 e. The molecule has 0 saturated carbocycles. The minimum atomic E-state index is 0.0790. The Morgan fingerprint density at radius 3 is 3.12 bits per heavy atom. The zero-order valence-electron chi connectivity index (χ0n) is 13.9. The smallest absolute Gasteiger partial charge is 0.254 e. The molecule has 4 rings (SSSR count). The maximum atomic E-state index is 12.7. The Kier molecular flexibility index (Phi) is 4.31. The second-order valence-corrected chi connectivity index (χ2v) is 7.35. The predicted octanol–water partition coefficient (Wildman–Crippen LogP) is 3.52. The van der Waals surface area contributed by atoms with Gasteiger partial charge in [0, 0.05) is 41.3 Å². The maximum absolute atomic E-state index is 12.7. The fraction of sp³-hybridized carbons (Fsp3) is 0.333. The monoisotopic (exact) mass is 354 g/mol. The predicted molar refractivity (Wildman–Crippen MR) is 94.5 cm³/mol. The summed E-state index contributed by atoms with van der Waals surface area (Å²) >= 11 is 1.60. The van der Waals surface area contributed by atoms with Gasteiger partial charge in [-0.25, -0.2) is 0 Å². The number of piperidine rings is 1. The van der Waals surface area contributed by atoms with Gasteiger partial charge in [-0.05, 0) is 38.0 Å². The van der Waals surface area contributed by atoms with Crippen LogP contribution in [0.5, 0.6) is 0 Å². The Hall–Kier alpha value is -2.54. The van der Waals surface area contributed by atoms with E-state index < -0.39 is 0 Å². The molecule has 1 amide bonds. The molecule has 1 unspecified atom stereocenters. The summed E-state index contributed by atoms with van der Waals surface area (Å²) in [6, 6.07) is 5.69. The zero-order chi connectivity index (χ0) is 17.2. The number of rotatable bonds is 3. The quantitative estimate of drug-likeness (QED) is 0.719. The standard InChI is InChI=1S/C18H18N4O2S/c1-12-8-15(11-25-12)18(23)22-7-3-5-14(10-22)17-20-16(21-24-17)13-4-2-6-19-9-13/h2,4,6,8-9,11,14H,3,5,7,10H2,1H3. The molecule has 1 saturated heterocycles. The van der Waals surface area contributed by atoms with E-state index in [-0.39, 0.29) is 11.8 Å². The highest BCUT2D eigenvalue weighted by atomic mass is 32.1. The number of thiophene rings is 1. The summed E-state index contributed by atoms with van der Waals surface area (Å²) in [5, 5.41) is 5.99. The van der Waals surface area contributed by atoms with Gasteiger partial charge in [0.15, 0.2) is 0 Å². The highest BCUT2D eigenvalue weighted by molar-refractivity contribution is 7.10. The van der Waals surface area contributed by atoms with E-state index in [0.717, 1.165) is 35.4 Å². The molecule has 0 aromatic carbocycles. The molecule has 1 fully saturated rings. The molecule has 0 N–H and O–H groups in total. The highest BCUT2D eigenvalue weighted by Gasteiger charge is 2.29. The third kappa shape index (κ3) is 3.32. The van der Waals surface area contributed by atoms with Crippen molar-refractivity contribution in [2.24, 2.45) is 0 Å². The first-order valence-electron chi connectivity index (χ1n) is 8.29. The fourth-order valence-corrected chi connectivity index (χ4v) is 3.79. The van der Waals surface area contributed by atoms with Gasteiger partial charge in [-0.15, -0.1) is 11.3 Å². The van der Waals surface area contributed by atoms with Crippen LogP contribution >= 0.6 is 11.3 Å². The largest absolute Gasteiger partial charge is 0.339 e. The van der Waals surface area contributed by atoms with Gasteiger partial charge in [0.2, 0.25) is 11.7 Å². The molecule has 0 aliphatic carbocycles. The molecule has 1 aliphatic heterocycles. The van der Waals surface area contributed by atoms with Crippen molar-refractivity contribution in [2.45, 2.75) is 25.7 Å². The number of hydrogen-bond donors (Lipinski definition) is 0. The topological polar surface area (TPSA) is 72.1 Å². The van der Waals surface area contributed by atoms with Crippen LogP contribution in [0.2, 0.25) is 0 Å². The molecule has 3 aromatic heterocycles. The van der Waals surface area contributed by atoms with Gasteiger partial charge in [-0.3, -0.25) is 9.78 Å². The molecule has 3 aromatic rings. The third-order valence-electron chi connectivity index (χ3n) is 4.40. The number of amides is 1. The SMILES string of the molecule is Cc1cc(C(=O)N2CCCC(c3nc(-c4cccnc4)no3)C2)cs1. The molecule has 0 radical (unpaired) electrons.